The number of carbonyl (C=O) groups excluding carboxylic acids is 1. The number of benzene rings is 2. The van der Waals surface area contributed by atoms with E-state index in [1.165, 1.54) is 22.8 Å². The zero-order chi connectivity index (χ0) is 21.9. The highest BCUT2D eigenvalue weighted by atomic mass is 32.2. The van der Waals surface area contributed by atoms with Crippen LogP contribution in [0.15, 0.2) is 42.5 Å². The third kappa shape index (κ3) is 5.14. The van der Waals surface area contributed by atoms with E-state index in [1.54, 1.807) is 12.1 Å². The van der Waals surface area contributed by atoms with Crippen molar-refractivity contribution < 1.29 is 13.2 Å². The number of nitrogens with one attached hydrogen (secondary N) is 1. The molecule has 1 aliphatic heterocycles. The molecule has 7 heteroatoms. The Hall–Kier alpha value is -2.54. The van der Waals surface area contributed by atoms with Crippen LogP contribution >= 0.6 is 0 Å². The molecule has 6 nitrogen and oxygen atoms in total. The molecule has 1 saturated heterocycles. The molecule has 162 valence electrons. The smallest absolute Gasteiger partial charge is 0.241 e. The molecule has 3 rings (SSSR count). The third-order valence-corrected chi connectivity index (χ3v) is 6.90. The van der Waals surface area contributed by atoms with Crippen molar-refractivity contribution in [3.05, 3.63) is 59.2 Å². The van der Waals surface area contributed by atoms with E-state index >= 15 is 0 Å². The number of carbonyl (C=O) groups is 1. The molecule has 1 fully saturated rings. The molecule has 1 unspecified atom stereocenters. The van der Waals surface area contributed by atoms with Gasteiger partial charge in [-0.2, -0.15) is 0 Å². The largest absolute Gasteiger partial charge is 0.372 e. The number of aryl methyl sites for hydroxylation is 1. The molecule has 0 aromatic heterocycles. The van der Waals surface area contributed by atoms with Crippen LogP contribution in [0.1, 0.15) is 42.5 Å². The maximum Gasteiger partial charge on any atom is 0.241 e. The van der Waals surface area contributed by atoms with Crippen LogP contribution in [0.3, 0.4) is 0 Å². The lowest BCUT2D eigenvalue weighted by molar-refractivity contribution is -0.120. The molecule has 1 amide bonds. The first-order chi connectivity index (χ1) is 14.2. The second-order valence-corrected chi connectivity index (χ2v) is 9.97. The predicted molar refractivity (Wildman–Crippen MR) is 123 cm³/mol. The summed E-state index contributed by atoms with van der Waals surface area (Å²) in [5.74, 6) is -0.336. The molecule has 1 N–H and O–H groups in total. The zero-order valence-corrected chi connectivity index (χ0v) is 19.0. The van der Waals surface area contributed by atoms with Gasteiger partial charge in [-0.25, -0.2) is 8.42 Å². The Kier molecular flexibility index (Phi) is 6.71. The van der Waals surface area contributed by atoms with Gasteiger partial charge in [-0.1, -0.05) is 24.3 Å². The average Bonchev–Trinajstić information content (AvgIpc) is 3.23. The lowest BCUT2D eigenvalue weighted by Crippen LogP contribution is -2.41. The molecule has 0 bridgehead atoms. The molecular formula is C23H31N3O3S. The molecule has 0 spiro atoms. The van der Waals surface area contributed by atoms with Crippen molar-refractivity contribution in [3.8, 4) is 0 Å². The molecule has 0 aliphatic carbocycles. The first-order valence-corrected chi connectivity index (χ1v) is 12.2. The summed E-state index contributed by atoms with van der Waals surface area (Å²) in [5.41, 5.74) is 4.56. The van der Waals surface area contributed by atoms with Crippen LogP contribution in [-0.2, 0) is 14.8 Å². The van der Waals surface area contributed by atoms with E-state index in [1.807, 2.05) is 39.0 Å². The lowest BCUT2D eigenvalue weighted by Gasteiger charge is -2.25. The van der Waals surface area contributed by atoms with Crippen molar-refractivity contribution in [2.75, 3.05) is 35.1 Å². The topological polar surface area (TPSA) is 69.7 Å². The van der Waals surface area contributed by atoms with Crippen LogP contribution < -0.4 is 14.5 Å². The summed E-state index contributed by atoms with van der Waals surface area (Å²) in [6.45, 7) is 7.63. The third-order valence-electron chi connectivity index (χ3n) is 5.77. The van der Waals surface area contributed by atoms with Gasteiger partial charge in [0.1, 0.15) is 6.54 Å². The van der Waals surface area contributed by atoms with Gasteiger partial charge in [0.05, 0.1) is 18.0 Å². The summed E-state index contributed by atoms with van der Waals surface area (Å²) in [7, 11) is -3.60. The van der Waals surface area contributed by atoms with Crippen molar-refractivity contribution in [1.29, 1.82) is 0 Å². The Morgan fingerprint density at radius 2 is 1.73 bits per heavy atom. The van der Waals surface area contributed by atoms with E-state index in [0.717, 1.165) is 36.0 Å². The number of sulfonamides is 1. The van der Waals surface area contributed by atoms with E-state index in [2.05, 4.69) is 22.3 Å². The standard InChI is InChI=1S/C23H31N3O3S/c1-17-8-7-9-22(18(17)2)26(30(4,28)29)16-23(27)24-19(3)20-10-12-21(13-11-20)25-14-5-6-15-25/h7-13,19H,5-6,14-16H2,1-4H3,(H,24,27). The van der Waals surface area contributed by atoms with Gasteiger partial charge in [0, 0.05) is 18.8 Å². The number of nitrogens with zero attached hydrogens (tertiary/aromatic N) is 2. The van der Waals surface area contributed by atoms with Gasteiger partial charge in [-0.3, -0.25) is 9.10 Å². The summed E-state index contributed by atoms with van der Waals surface area (Å²) in [6.07, 6.45) is 3.58. The monoisotopic (exact) mass is 429 g/mol. The maximum atomic E-state index is 12.7. The SMILES string of the molecule is Cc1cccc(N(CC(=O)NC(C)c2ccc(N3CCCC3)cc2)S(C)(=O)=O)c1C. The van der Waals surface area contributed by atoms with Crippen LogP contribution in [0.25, 0.3) is 0 Å². The highest BCUT2D eigenvalue weighted by molar-refractivity contribution is 7.92. The highest BCUT2D eigenvalue weighted by Crippen LogP contribution is 2.25. The van der Waals surface area contributed by atoms with E-state index in [9.17, 15) is 13.2 Å². The average molecular weight is 430 g/mol. The van der Waals surface area contributed by atoms with Crippen molar-refractivity contribution in [3.63, 3.8) is 0 Å². The molecule has 2 aromatic carbocycles. The summed E-state index contributed by atoms with van der Waals surface area (Å²) >= 11 is 0. The van der Waals surface area contributed by atoms with Crippen molar-refractivity contribution >= 4 is 27.3 Å². The first-order valence-electron chi connectivity index (χ1n) is 10.3. The second-order valence-electron chi connectivity index (χ2n) is 8.06. The van der Waals surface area contributed by atoms with Crippen molar-refractivity contribution in [2.45, 2.75) is 39.7 Å². The number of anilines is 2. The lowest BCUT2D eigenvalue weighted by atomic mass is 10.1. The zero-order valence-electron chi connectivity index (χ0n) is 18.2. The second kappa shape index (κ2) is 9.08. The normalized spacial score (nSPS) is 15.1. The van der Waals surface area contributed by atoms with Crippen LogP contribution in [0.5, 0.6) is 0 Å². The molecule has 1 atom stereocenters. The van der Waals surface area contributed by atoms with Gasteiger partial charge in [-0.05, 0) is 68.5 Å². The van der Waals surface area contributed by atoms with E-state index in [0.29, 0.717) is 5.69 Å². The number of amides is 1. The minimum atomic E-state index is -3.60. The van der Waals surface area contributed by atoms with Gasteiger partial charge >= 0.3 is 0 Å². The maximum absolute atomic E-state index is 12.7. The molecular weight excluding hydrogens is 398 g/mol. The van der Waals surface area contributed by atoms with Crippen molar-refractivity contribution in [2.24, 2.45) is 0 Å². The number of rotatable bonds is 7. The molecule has 30 heavy (non-hydrogen) atoms. The quantitative estimate of drug-likeness (QED) is 0.731. The summed E-state index contributed by atoms with van der Waals surface area (Å²) in [5, 5.41) is 2.93. The molecule has 2 aromatic rings. The number of hydrogen-bond donors (Lipinski definition) is 1. The Morgan fingerprint density at radius 3 is 2.33 bits per heavy atom. The van der Waals surface area contributed by atoms with Gasteiger partial charge < -0.3 is 10.2 Å². The van der Waals surface area contributed by atoms with Crippen LogP contribution in [-0.4, -0.2) is 40.2 Å². The van der Waals surface area contributed by atoms with Gasteiger partial charge in [0.25, 0.3) is 0 Å². The van der Waals surface area contributed by atoms with E-state index < -0.39 is 10.0 Å². The Balaban J connectivity index is 1.70. The van der Waals surface area contributed by atoms with Crippen LogP contribution in [0, 0.1) is 13.8 Å². The predicted octanol–water partition coefficient (Wildman–Crippen LogP) is 3.55. The summed E-state index contributed by atoms with van der Waals surface area (Å²) < 4.78 is 26.0. The summed E-state index contributed by atoms with van der Waals surface area (Å²) in [6, 6.07) is 13.5. The Morgan fingerprint density at radius 1 is 1.10 bits per heavy atom. The molecule has 0 saturated carbocycles. The molecule has 1 aliphatic rings. The molecule has 0 radical (unpaired) electrons. The Labute approximate surface area is 179 Å². The van der Waals surface area contributed by atoms with Gasteiger partial charge in [0.2, 0.25) is 15.9 Å². The van der Waals surface area contributed by atoms with E-state index in [4.69, 9.17) is 0 Å². The minimum Gasteiger partial charge on any atom is -0.372 e. The minimum absolute atomic E-state index is 0.217. The fraction of sp³-hybridized carbons (Fsp3) is 0.435. The highest BCUT2D eigenvalue weighted by Gasteiger charge is 2.23. The van der Waals surface area contributed by atoms with Gasteiger partial charge in [-0.15, -0.1) is 0 Å². The fourth-order valence-corrected chi connectivity index (χ4v) is 4.74. The van der Waals surface area contributed by atoms with E-state index in [-0.39, 0.29) is 18.5 Å². The number of hydrogen-bond acceptors (Lipinski definition) is 4. The Bertz CT molecular complexity index is 997. The van der Waals surface area contributed by atoms with Crippen LogP contribution in [0.4, 0.5) is 11.4 Å². The first kappa shape index (κ1) is 22.2. The van der Waals surface area contributed by atoms with Crippen LogP contribution in [0.2, 0.25) is 0 Å². The summed E-state index contributed by atoms with van der Waals surface area (Å²) in [4.78, 5) is 15.1. The fourth-order valence-electron chi connectivity index (χ4n) is 3.84. The molecule has 1 heterocycles. The van der Waals surface area contributed by atoms with Gasteiger partial charge in [0.15, 0.2) is 0 Å². The van der Waals surface area contributed by atoms with Crippen molar-refractivity contribution in [1.82, 2.24) is 5.32 Å².